The molecule has 1 heterocycles. The van der Waals surface area contributed by atoms with E-state index in [-0.39, 0.29) is 24.4 Å². The van der Waals surface area contributed by atoms with Crippen LogP contribution in [0.3, 0.4) is 0 Å². The van der Waals surface area contributed by atoms with E-state index in [1.165, 1.54) is 38.5 Å². The molecule has 240 valence electrons. The molecule has 2 amide bonds. The van der Waals surface area contributed by atoms with Gasteiger partial charge in [0.05, 0.1) is 6.61 Å². The second-order valence-electron chi connectivity index (χ2n) is 10.3. The summed E-state index contributed by atoms with van der Waals surface area (Å²) in [6, 6.07) is -1.29. The van der Waals surface area contributed by atoms with Gasteiger partial charge in [0.1, 0.15) is 12.1 Å². The van der Waals surface area contributed by atoms with Gasteiger partial charge in [-0.15, -0.1) is 0 Å². The number of aliphatic imine (C=N–C) groups is 1. The van der Waals surface area contributed by atoms with Gasteiger partial charge in [-0.25, -0.2) is 9.59 Å². The van der Waals surface area contributed by atoms with E-state index in [0.717, 1.165) is 32.1 Å². The lowest BCUT2D eigenvalue weighted by Crippen LogP contribution is -2.42. The summed E-state index contributed by atoms with van der Waals surface area (Å²) < 4.78 is 5.07. The first kappa shape index (κ1) is 38.6. The van der Waals surface area contributed by atoms with Crippen LogP contribution in [-0.4, -0.2) is 60.1 Å². The smallest absolute Gasteiger partial charge is 0.328 e. The topological polar surface area (TPSA) is 186 Å². The number of unbranched alkanes of at least 4 members (excludes halogenated alkanes) is 8. The Balaban J connectivity index is 0.00000157. The zero-order valence-electron chi connectivity index (χ0n) is 25.8. The number of esters is 1. The molecule has 0 saturated carbocycles. The van der Waals surface area contributed by atoms with Crippen molar-refractivity contribution in [2.45, 2.75) is 129 Å². The summed E-state index contributed by atoms with van der Waals surface area (Å²) in [7, 11) is 0. The molecular formula is C31H55N5O6. The Labute approximate surface area is 252 Å². The van der Waals surface area contributed by atoms with E-state index < -0.39 is 24.0 Å². The fourth-order valence-electron chi connectivity index (χ4n) is 4.16. The molecule has 0 aromatic rings. The van der Waals surface area contributed by atoms with E-state index in [0.29, 0.717) is 38.6 Å². The first-order valence-corrected chi connectivity index (χ1v) is 15.5. The molecule has 1 fully saturated rings. The van der Waals surface area contributed by atoms with Crippen LogP contribution in [0.15, 0.2) is 29.3 Å². The van der Waals surface area contributed by atoms with Crippen LogP contribution in [0.1, 0.15) is 117 Å². The third-order valence-electron chi connectivity index (χ3n) is 6.50. The van der Waals surface area contributed by atoms with Gasteiger partial charge in [0.2, 0.25) is 11.8 Å². The summed E-state index contributed by atoms with van der Waals surface area (Å²) in [6.45, 7) is 4.68. The molecule has 0 aromatic heterocycles. The van der Waals surface area contributed by atoms with Gasteiger partial charge in [-0.05, 0) is 64.7 Å². The van der Waals surface area contributed by atoms with E-state index in [9.17, 15) is 19.2 Å². The molecule has 1 unspecified atom stereocenters. The number of hydrogen-bond donors (Lipinski definition) is 5. The average Bonchev–Trinajstić information content (AvgIpc) is 3.39. The van der Waals surface area contributed by atoms with Gasteiger partial charge in [-0.3, -0.25) is 14.6 Å². The molecule has 2 atom stereocenters. The lowest BCUT2D eigenvalue weighted by atomic mass is 10.1. The zero-order valence-corrected chi connectivity index (χ0v) is 25.8. The Morgan fingerprint density at radius 2 is 1.64 bits per heavy atom. The zero-order chi connectivity index (χ0) is 31.4. The SMILES string of the molecule is CCCCC/C=C\C/C=C\CCCCCCCC(=O)N[C@@H](CCCN=C(N)N)C(=O)OCC.O=C1CCC(C(=O)O)N1. The number of amides is 2. The molecular weight excluding hydrogens is 538 g/mol. The summed E-state index contributed by atoms with van der Waals surface area (Å²) in [5.74, 6) is -1.60. The standard InChI is InChI=1S/C26H48N4O3.C5H7NO3/c1-3-5-6-7-8-9-10-11-12-13-14-15-16-17-18-21-24(31)30-23(25(32)33-4-2)20-19-22-29-26(27)28;7-4-2-1-3(6-4)5(8)9/h8-9,11-12,23H,3-7,10,13-22H2,1-2H3,(H,30,31)(H4,27,28,29);3H,1-2H2,(H,6,7)(H,8,9)/b9-8-,12-11-;/t23-;/m0./s1. The van der Waals surface area contributed by atoms with Crippen molar-refractivity contribution in [1.29, 1.82) is 0 Å². The number of nitrogens with two attached hydrogens (primary N) is 2. The monoisotopic (exact) mass is 593 g/mol. The van der Waals surface area contributed by atoms with E-state index in [1.54, 1.807) is 6.92 Å². The summed E-state index contributed by atoms with van der Waals surface area (Å²) in [5.41, 5.74) is 10.6. The average molecular weight is 594 g/mol. The molecule has 1 saturated heterocycles. The molecule has 0 aromatic carbocycles. The Kier molecular flexibility index (Phi) is 24.4. The van der Waals surface area contributed by atoms with Crippen LogP contribution in [-0.2, 0) is 23.9 Å². The van der Waals surface area contributed by atoms with Gasteiger partial charge < -0.3 is 31.9 Å². The maximum atomic E-state index is 12.2. The summed E-state index contributed by atoms with van der Waals surface area (Å²) in [4.78, 5) is 48.7. The van der Waals surface area contributed by atoms with Crippen LogP contribution in [0, 0.1) is 0 Å². The first-order valence-electron chi connectivity index (χ1n) is 15.5. The molecule has 11 heteroatoms. The molecule has 1 aliphatic heterocycles. The number of carboxylic acids is 1. The predicted molar refractivity (Wildman–Crippen MR) is 167 cm³/mol. The number of ether oxygens (including phenoxy) is 1. The molecule has 7 N–H and O–H groups in total. The number of aliphatic carboxylic acids is 1. The highest BCUT2D eigenvalue weighted by Crippen LogP contribution is 2.09. The number of carboxylic acid groups (broad SMARTS) is 1. The Bertz CT molecular complexity index is 855. The minimum absolute atomic E-state index is 0.0214. The van der Waals surface area contributed by atoms with Crippen molar-refractivity contribution in [1.82, 2.24) is 10.6 Å². The summed E-state index contributed by atoms with van der Waals surface area (Å²) in [5, 5.41) is 13.4. The first-order chi connectivity index (χ1) is 20.2. The third kappa shape index (κ3) is 23.3. The number of carbonyl (C=O) groups excluding carboxylic acids is 3. The van der Waals surface area contributed by atoms with Crippen molar-refractivity contribution in [3.63, 3.8) is 0 Å². The number of rotatable bonds is 22. The Morgan fingerprint density at radius 3 is 2.19 bits per heavy atom. The quantitative estimate of drug-likeness (QED) is 0.0405. The largest absolute Gasteiger partial charge is 0.480 e. The Hall–Kier alpha value is -3.37. The van der Waals surface area contributed by atoms with Gasteiger partial charge >= 0.3 is 11.9 Å². The minimum atomic E-state index is -0.944. The van der Waals surface area contributed by atoms with Gasteiger partial charge in [-0.2, -0.15) is 0 Å². The van der Waals surface area contributed by atoms with Crippen molar-refractivity contribution in [3.8, 4) is 0 Å². The minimum Gasteiger partial charge on any atom is -0.480 e. The lowest BCUT2D eigenvalue weighted by Gasteiger charge is -2.17. The fraction of sp³-hybridized carbons (Fsp3) is 0.710. The molecule has 0 bridgehead atoms. The molecule has 1 rings (SSSR count). The van der Waals surface area contributed by atoms with E-state index in [2.05, 4.69) is 46.9 Å². The number of nitrogens with zero attached hydrogens (tertiary/aromatic N) is 1. The highest BCUT2D eigenvalue weighted by molar-refractivity contribution is 5.87. The highest BCUT2D eigenvalue weighted by Gasteiger charge is 2.26. The van der Waals surface area contributed by atoms with Crippen LogP contribution in [0.5, 0.6) is 0 Å². The van der Waals surface area contributed by atoms with E-state index in [1.807, 2.05) is 0 Å². The number of carbonyl (C=O) groups is 4. The van der Waals surface area contributed by atoms with Crippen molar-refractivity contribution >= 4 is 29.7 Å². The van der Waals surface area contributed by atoms with Crippen LogP contribution >= 0.6 is 0 Å². The maximum absolute atomic E-state index is 12.2. The molecule has 0 radical (unpaired) electrons. The summed E-state index contributed by atoms with van der Waals surface area (Å²) in [6.07, 6.45) is 23.9. The molecule has 11 nitrogen and oxygen atoms in total. The molecule has 42 heavy (non-hydrogen) atoms. The van der Waals surface area contributed by atoms with E-state index >= 15 is 0 Å². The normalized spacial score (nSPS) is 15.1. The van der Waals surface area contributed by atoms with Gasteiger partial charge in [0.15, 0.2) is 5.96 Å². The lowest BCUT2D eigenvalue weighted by molar-refractivity contribution is -0.147. The second-order valence-corrected chi connectivity index (χ2v) is 10.3. The Morgan fingerprint density at radius 1 is 1.00 bits per heavy atom. The summed E-state index contributed by atoms with van der Waals surface area (Å²) >= 11 is 0. The van der Waals surface area contributed by atoms with Crippen molar-refractivity contribution < 1.29 is 29.0 Å². The second kappa shape index (κ2) is 26.5. The van der Waals surface area contributed by atoms with Crippen LogP contribution in [0.25, 0.3) is 0 Å². The number of guanidine groups is 1. The van der Waals surface area contributed by atoms with Crippen LogP contribution in [0.2, 0.25) is 0 Å². The molecule has 0 aliphatic carbocycles. The predicted octanol–water partition coefficient (Wildman–Crippen LogP) is 4.25. The van der Waals surface area contributed by atoms with Gasteiger partial charge in [0, 0.05) is 19.4 Å². The van der Waals surface area contributed by atoms with Gasteiger partial charge in [-0.1, -0.05) is 63.3 Å². The van der Waals surface area contributed by atoms with Crippen LogP contribution in [0.4, 0.5) is 0 Å². The third-order valence-corrected chi connectivity index (χ3v) is 6.50. The van der Waals surface area contributed by atoms with Crippen molar-refractivity contribution in [3.05, 3.63) is 24.3 Å². The van der Waals surface area contributed by atoms with Gasteiger partial charge in [0.25, 0.3) is 0 Å². The maximum Gasteiger partial charge on any atom is 0.328 e. The van der Waals surface area contributed by atoms with Crippen LogP contribution < -0.4 is 22.1 Å². The van der Waals surface area contributed by atoms with Crippen molar-refractivity contribution in [2.75, 3.05) is 13.2 Å². The number of allylic oxidation sites excluding steroid dienone is 4. The van der Waals surface area contributed by atoms with E-state index in [4.69, 9.17) is 21.3 Å². The fourth-order valence-corrected chi connectivity index (χ4v) is 4.16. The molecule has 1 aliphatic rings. The highest BCUT2D eigenvalue weighted by atomic mass is 16.5. The molecule has 0 spiro atoms. The number of hydrogen-bond acceptors (Lipinski definition) is 6. The van der Waals surface area contributed by atoms with Crippen molar-refractivity contribution in [2.24, 2.45) is 16.5 Å². The number of nitrogens with one attached hydrogen (secondary N) is 2.